The van der Waals surface area contributed by atoms with Crippen LogP contribution in [-0.2, 0) is 9.59 Å². The molecule has 1 atom stereocenters. The lowest BCUT2D eigenvalue weighted by molar-refractivity contribution is -0.138. The minimum Gasteiger partial charge on any atom is -0.493 e. The fraction of sp³-hybridized carbons (Fsp3) is 0.292. The number of hydrogen-bond donors (Lipinski definition) is 1. The van der Waals surface area contributed by atoms with E-state index in [0.717, 1.165) is 6.42 Å². The summed E-state index contributed by atoms with van der Waals surface area (Å²) in [6, 6.07) is 11.3. The Kier molecular flexibility index (Phi) is 6.21. The SMILES string of the molecule is COc1ccc(-c2cc3ccc(OCC(=O)N4CCCC4C(N)=O)cc3oc2=O)cc1OC. The predicted octanol–water partition coefficient (Wildman–Crippen LogP) is 2.33. The van der Waals surface area contributed by atoms with E-state index in [1.165, 1.54) is 19.1 Å². The van der Waals surface area contributed by atoms with Gasteiger partial charge in [-0.1, -0.05) is 6.07 Å². The highest BCUT2D eigenvalue weighted by molar-refractivity contribution is 5.88. The monoisotopic (exact) mass is 452 g/mol. The lowest BCUT2D eigenvalue weighted by Crippen LogP contribution is -2.45. The van der Waals surface area contributed by atoms with Gasteiger partial charge in [-0.2, -0.15) is 0 Å². The van der Waals surface area contributed by atoms with E-state index in [-0.39, 0.29) is 12.5 Å². The Hall–Kier alpha value is -4.01. The molecule has 1 aliphatic heterocycles. The molecular formula is C24H24N2O7. The summed E-state index contributed by atoms with van der Waals surface area (Å²) in [6.07, 6.45) is 1.29. The van der Waals surface area contributed by atoms with E-state index in [1.807, 2.05) is 0 Å². The number of fused-ring (bicyclic) bond motifs is 1. The summed E-state index contributed by atoms with van der Waals surface area (Å²) < 4.78 is 21.7. The number of nitrogens with zero attached hydrogens (tertiary/aromatic N) is 1. The maximum Gasteiger partial charge on any atom is 0.344 e. The van der Waals surface area contributed by atoms with Crippen LogP contribution in [0.4, 0.5) is 0 Å². The Bertz CT molecular complexity index is 1270. The highest BCUT2D eigenvalue weighted by atomic mass is 16.5. The van der Waals surface area contributed by atoms with Gasteiger partial charge in [-0.3, -0.25) is 9.59 Å². The molecular weight excluding hydrogens is 428 g/mol. The van der Waals surface area contributed by atoms with Crippen molar-refractivity contribution in [3.63, 3.8) is 0 Å². The van der Waals surface area contributed by atoms with E-state index in [9.17, 15) is 14.4 Å². The van der Waals surface area contributed by atoms with E-state index in [4.69, 9.17) is 24.4 Å². The maximum absolute atomic E-state index is 12.7. The Morgan fingerprint density at radius 3 is 2.61 bits per heavy atom. The van der Waals surface area contributed by atoms with Crippen molar-refractivity contribution in [2.24, 2.45) is 5.73 Å². The minimum atomic E-state index is -0.592. The van der Waals surface area contributed by atoms with E-state index in [2.05, 4.69) is 0 Å². The van der Waals surface area contributed by atoms with Crippen molar-refractivity contribution in [1.29, 1.82) is 0 Å². The number of ether oxygens (including phenoxy) is 3. The third kappa shape index (κ3) is 4.48. The van der Waals surface area contributed by atoms with E-state index in [1.54, 1.807) is 42.5 Å². The van der Waals surface area contributed by atoms with Crippen LogP contribution in [0, 0.1) is 0 Å². The molecule has 1 aliphatic rings. The summed E-state index contributed by atoms with van der Waals surface area (Å²) >= 11 is 0. The van der Waals surface area contributed by atoms with Gasteiger partial charge in [0.05, 0.1) is 19.8 Å². The van der Waals surface area contributed by atoms with Crippen LogP contribution in [0.5, 0.6) is 17.2 Å². The molecule has 4 rings (SSSR count). The summed E-state index contributed by atoms with van der Waals surface area (Å²) in [4.78, 5) is 38.0. The number of benzene rings is 2. The summed E-state index contributed by atoms with van der Waals surface area (Å²) in [6.45, 7) is 0.227. The molecule has 1 saturated heterocycles. The van der Waals surface area contributed by atoms with Crippen molar-refractivity contribution in [2.75, 3.05) is 27.4 Å². The lowest BCUT2D eigenvalue weighted by atomic mass is 10.1. The first-order valence-electron chi connectivity index (χ1n) is 10.4. The van der Waals surface area contributed by atoms with Gasteiger partial charge >= 0.3 is 5.63 Å². The molecule has 0 radical (unpaired) electrons. The zero-order chi connectivity index (χ0) is 23.5. The number of rotatable bonds is 7. The van der Waals surface area contributed by atoms with E-state index < -0.39 is 17.6 Å². The third-order valence-electron chi connectivity index (χ3n) is 5.67. The standard InChI is InChI=1S/C24H24N2O7/c1-30-19-8-6-14(11-21(19)31-2)17-10-15-5-7-16(12-20(15)33-24(17)29)32-13-22(27)26-9-3-4-18(26)23(25)28/h5-8,10-12,18H,3-4,9,13H2,1-2H3,(H2,25,28). The lowest BCUT2D eigenvalue weighted by Gasteiger charge is -2.22. The van der Waals surface area contributed by atoms with Crippen LogP contribution in [-0.4, -0.2) is 50.1 Å². The fourth-order valence-corrected chi connectivity index (χ4v) is 3.98. The maximum atomic E-state index is 12.7. The van der Waals surface area contributed by atoms with Gasteiger partial charge in [0.15, 0.2) is 18.1 Å². The summed E-state index contributed by atoms with van der Waals surface area (Å²) in [7, 11) is 3.06. The molecule has 2 amide bonds. The number of primary amides is 1. The molecule has 0 bridgehead atoms. The highest BCUT2D eigenvalue weighted by Crippen LogP contribution is 2.32. The molecule has 9 heteroatoms. The Morgan fingerprint density at radius 2 is 1.88 bits per heavy atom. The molecule has 1 unspecified atom stereocenters. The zero-order valence-corrected chi connectivity index (χ0v) is 18.3. The van der Waals surface area contributed by atoms with Crippen LogP contribution in [0.25, 0.3) is 22.1 Å². The van der Waals surface area contributed by atoms with Crippen LogP contribution in [0.3, 0.4) is 0 Å². The van der Waals surface area contributed by atoms with Crippen LogP contribution >= 0.6 is 0 Å². The van der Waals surface area contributed by atoms with Crippen LogP contribution < -0.4 is 25.6 Å². The Morgan fingerprint density at radius 1 is 1.09 bits per heavy atom. The highest BCUT2D eigenvalue weighted by Gasteiger charge is 2.32. The molecule has 2 aromatic carbocycles. The van der Waals surface area contributed by atoms with Crippen LogP contribution in [0.15, 0.2) is 51.7 Å². The Labute approximate surface area is 189 Å². The van der Waals surface area contributed by atoms with Crippen molar-refractivity contribution >= 4 is 22.8 Å². The molecule has 0 saturated carbocycles. The third-order valence-corrected chi connectivity index (χ3v) is 5.67. The Balaban J connectivity index is 1.54. The number of amides is 2. The van der Waals surface area contributed by atoms with Gasteiger partial charge < -0.3 is 29.3 Å². The summed E-state index contributed by atoms with van der Waals surface area (Å²) in [5, 5.41) is 0.686. The summed E-state index contributed by atoms with van der Waals surface area (Å²) in [5.41, 5.74) is 6.17. The smallest absolute Gasteiger partial charge is 0.344 e. The number of carbonyl (C=O) groups excluding carboxylic acids is 2. The molecule has 0 aliphatic carbocycles. The van der Waals surface area contributed by atoms with Crippen LogP contribution in [0.1, 0.15) is 12.8 Å². The number of likely N-dealkylation sites (tertiary alicyclic amines) is 1. The molecule has 1 fully saturated rings. The molecule has 0 spiro atoms. The van der Waals surface area contributed by atoms with Gasteiger partial charge in [-0.15, -0.1) is 0 Å². The molecule has 9 nitrogen and oxygen atoms in total. The van der Waals surface area contributed by atoms with Crippen molar-refractivity contribution in [2.45, 2.75) is 18.9 Å². The first kappa shape index (κ1) is 22.2. The average molecular weight is 452 g/mol. The van der Waals surface area contributed by atoms with Gasteiger partial charge in [-0.05, 0) is 48.7 Å². The molecule has 2 heterocycles. The number of nitrogens with two attached hydrogens (primary N) is 1. The second-order valence-electron chi connectivity index (χ2n) is 7.65. The first-order valence-corrected chi connectivity index (χ1v) is 10.4. The van der Waals surface area contributed by atoms with E-state index >= 15 is 0 Å². The van der Waals surface area contributed by atoms with Gasteiger partial charge in [0.25, 0.3) is 5.91 Å². The molecule has 33 heavy (non-hydrogen) atoms. The number of hydrogen-bond acceptors (Lipinski definition) is 7. The van der Waals surface area contributed by atoms with Gasteiger partial charge in [0, 0.05) is 18.0 Å². The second-order valence-corrected chi connectivity index (χ2v) is 7.65. The van der Waals surface area contributed by atoms with Crippen molar-refractivity contribution in [3.8, 4) is 28.4 Å². The minimum absolute atomic E-state index is 0.247. The van der Waals surface area contributed by atoms with Crippen LogP contribution in [0.2, 0.25) is 0 Å². The van der Waals surface area contributed by atoms with Gasteiger partial charge in [-0.25, -0.2) is 4.79 Å². The molecule has 2 N–H and O–H groups in total. The van der Waals surface area contributed by atoms with Gasteiger partial charge in [0.1, 0.15) is 17.4 Å². The zero-order valence-electron chi connectivity index (χ0n) is 18.3. The molecule has 1 aromatic heterocycles. The normalized spacial score (nSPS) is 15.5. The number of carbonyl (C=O) groups is 2. The van der Waals surface area contributed by atoms with Crippen molar-refractivity contribution in [1.82, 2.24) is 4.90 Å². The largest absolute Gasteiger partial charge is 0.493 e. The fourth-order valence-electron chi connectivity index (χ4n) is 3.98. The quantitative estimate of drug-likeness (QED) is 0.546. The van der Waals surface area contributed by atoms with E-state index in [0.29, 0.717) is 52.3 Å². The average Bonchev–Trinajstić information content (AvgIpc) is 3.32. The van der Waals surface area contributed by atoms with Gasteiger partial charge in [0.2, 0.25) is 5.91 Å². The second kappa shape index (κ2) is 9.23. The predicted molar refractivity (Wildman–Crippen MR) is 120 cm³/mol. The summed E-state index contributed by atoms with van der Waals surface area (Å²) in [5.74, 6) is 0.589. The number of methoxy groups -OCH3 is 2. The van der Waals surface area contributed by atoms with Crippen molar-refractivity contribution in [3.05, 3.63) is 52.9 Å². The first-order chi connectivity index (χ1) is 15.9. The molecule has 3 aromatic rings. The molecule has 172 valence electrons. The topological polar surface area (TPSA) is 121 Å². The van der Waals surface area contributed by atoms with Crippen molar-refractivity contribution < 1.29 is 28.2 Å².